The maximum absolute atomic E-state index is 14.5. The highest BCUT2D eigenvalue weighted by atomic mass is 35.5. The van der Waals surface area contributed by atoms with Crippen molar-refractivity contribution < 1.29 is 23.9 Å². The second-order valence-electron chi connectivity index (χ2n) is 9.41. The van der Waals surface area contributed by atoms with E-state index in [1.807, 2.05) is 0 Å². The standard InChI is InChI=1S/C26H25ClFN3O4/c1-14(33)19-11-30(26-18(19)5-3-7-29-26)12-24(35)31-21-8-15(21)9-22(31)23(34)10-16(13-32)17-4-2-6-20(27)25(17)28/h2-7,11,15-16,21-22,32H,8-10,12-13H2,1H3/t15-,16-,21-,22+/m1/s1. The summed E-state index contributed by atoms with van der Waals surface area (Å²) >= 11 is 5.88. The fourth-order valence-electron chi connectivity index (χ4n) is 5.34. The summed E-state index contributed by atoms with van der Waals surface area (Å²) in [6, 6.07) is 7.44. The molecule has 3 aromatic rings. The van der Waals surface area contributed by atoms with Gasteiger partial charge in [0.2, 0.25) is 5.91 Å². The largest absolute Gasteiger partial charge is 0.396 e. The van der Waals surface area contributed by atoms with Crippen LogP contribution in [0, 0.1) is 11.7 Å². The molecule has 2 aromatic heterocycles. The second-order valence-corrected chi connectivity index (χ2v) is 9.82. The Morgan fingerprint density at radius 2 is 2.03 bits per heavy atom. The van der Waals surface area contributed by atoms with Crippen molar-refractivity contribution in [2.45, 2.75) is 50.7 Å². The van der Waals surface area contributed by atoms with Gasteiger partial charge in [0, 0.05) is 41.7 Å². The number of aliphatic hydroxyl groups excluding tert-OH is 1. The second kappa shape index (κ2) is 9.17. The Kier molecular flexibility index (Phi) is 6.19. The predicted molar refractivity (Wildman–Crippen MR) is 128 cm³/mol. The number of piperidine rings is 1. The van der Waals surface area contributed by atoms with Gasteiger partial charge in [0.1, 0.15) is 18.0 Å². The number of pyridine rings is 1. The maximum atomic E-state index is 14.5. The molecule has 35 heavy (non-hydrogen) atoms. The van der Waals surface area contributed by atoms with Crippen molar-refractivity contribution in [1.29, 1.82) is 0 Å². The molecule has 182 valence electrons. The number of rotatable bonds is 8. The number of amides is 1. The van der Waals surface area contributed by atoms with Gasteiger partial charge in [-0.05, 0) is 49.4 Å². The summed E-state index contributed by atoms with van der Waals surface area (Å²) in [5, 5.41) is 10.5. The van der Waals surface area contributed by atoms with E-state index in [9.17, 15) is 23.9 Å². The molecule has 1 N–H and O–H groups in total. The van der Waals surface area contributed by atoms with Crippen molar-refractivity contribution in [3.8, 4) is 0 Å². The van der Waals surface area contributed by atoms with E-state index < -0.39 is 24.4 Å². The number of aliphatic hydroxyl groups is 1. The van der Waals surface area contributed by atoms with Crippen LogP contribution in [-0.2, 0) is 16.1 Å². The van der Waals surface area contributed by atoms with Crippen LogP contribution < -0.4 is 0 Å². The number of carbonyl (C=O) groups is 3. The molecule has 0 bridgehead atoms. The average molecular weight is 498 g/mol. The van der Waals surface area contributed by atoms with Crippen LogP contribution in [0.5, 0.6) is 0 Å². The van der Waals surface area contributed by atoms with Crippen molar-refractivity contribution in [3.05, 3.63) is 64.7 Å². The van der Waals surface area contributed by atoms with Crippen LogP contribution in [0.3, 0.4) is 0 Å². The van der Waals surface area contributed by atoms with Gasteiger partial charge < -0.3 is 14.6 Å². The van der Waals surface area contributed by atoms with Crippen molar-refractivity contribution in [3.63, 3.8) is 0 Å². The topological polar surface area (TPSA) is 92.5 Å². The molecule has 2 aliphatic rings. The Hall–Kier alpha value is -3.10. The highest BCUT2D eigenvalue weighted by Gasteiger charge is 2.55. The van der Waals surface area contributed by atoms with Crippen molar-refractivity contribution in [1.82, 2.24) is 14.5 Å². The SMILES string of the molecule is CC(=O)c1cn(CC(=O)N2[C@@H]3C[C@@H]3C[C@H]2C(=O)C[C@H](CO)c2cccc(Cl)c2F)c2ncccc12. The first-order valence-corrected chi connectivity index (χ1v) is 12.0. The molecule has 1 saturated carbocycles. The van der Waals surface area contributed by atoms with E-state index in [1.54, 1.807) is 40.1 Å². The summed E-state index contributed by atoms with van der Waals surface area (Å²) in [7, 11) is 0. The van der Waals surface area contributed by atoms with Crippen LogP contribution in [0.15, 0.2) is 42.7 Å². The lowest BCUT2D eigenvalue weighted by Crippen LogP contribution is -2.45. The van der Waals surface area contributed by atoms with Crippen LogP contribution in [0.4, 0.5) is 4.39 Å². The van der Waals surface area contributed by atoms with Crippen LogP contribution in [-0.4, -0.2) is 55.7 Å². The van der Waals surface area contributed by atoms with Crippen LogP contribution in [0.2, 0.25) is 5.02 Å². The molecule has 2 fully saturated rings. The summed E-state index contributed by atoms with van der Waals surface area (Å²) in [6.45, 7) is 1.02. The smallest absolute Gasteiger partial charge is 0.243 e. The highest BCUT2D eigenvalue weighted by Crippen LogP contribution is 2.48. The Labute approximate surface area is 206 Å². The molecular weight excluding hydrogens is 473 g/mol. The summed E-state index contributed by atoms with van der Waals surface area (Å²) in [5.74, 6) is -1.66. The number of likely N-dealkylation sites (tertiary alicyclic amines) is 1. The normalized spacial score (nSPS) is 21.7. The number of nitrogens with zero attached hydrogens (tertiary/aromatic N) is 3. The zero-order valence-corrected chi connectivity index (χ0v) is 19.9. The van der Waals surface area contributed by atoms with Gasteiger partial charge in [-0.3, -0.25) is 14.4 Å². The number of fused-ring (bicyclic) bond motifs is 2. The molecule has 5 rings (SSSR count). The molecule has 1 aliphatic heterocycles. The zero-order chi connectivity index (χ0) is 24.9. The Balaban J connectivity index is 1.36. The van der Waals surface area contributed by atoms with E-state index in [0.717, 1.165) is 6.42 Å². The number of hydrogen-bond acceptors (Lipinski definition) is 5. The first-order valence-electron chi connectivity index (χ1n) is 11.6. The molecular formula is C26H25ClFN3O4. The lowest BCUT2D eigenvalue weighted by atomic mass is 9.90. The van der Waals surface area contributed by atoms with Gasteiger partial charge in [-0.25, -0.2) is 9.37 Å². The van der Waals surface area contributed by atoms with E-state index in [1.165, 1.54) is 19.1 Å². The lowest BCUT2D eigenvalue weighted by molar-refractivity contribution is -0.139. The van der Waals surface area contributed by atoms with E-state index in [0.29, 0.717) is 23.0 Å². The van der Waals surface area contributed by atoms with E-state index in [-0.39, 0.29) is 53.0 Å². The van der Waals surface area contributed by atoms with E-state index in [4.69, 9.17) is 11.6 Å². The van der Waals surface area contributed by atoms with Crippen molar-refractivity contribution in [2.24, 2.45) is 5.92 Å². The van der Waals surface area contributed by atoms with Gasteiger partial charge >= 0.3 is 0 Å². The number of carbonyl (C=O) groups excluding carboxylic acids is 3. The third-order valence-corrected chi connectivity index (χ3v) is 7.46. The highest BCUT2D eigenvalue weighted by molar-refractivity contribution is 6.30. The lowest BCUT2D eigenvalue weighted by Gasteiger charge is -2.28. The van der Waals surface area contributed by atoms with Crippen molar-refractivity contribution >= 4 is 40.1 Å². The first kappa shape index (κ1) is 23.6. The molecule has 0 radical (unpaired) electrons. The van der Waals surface area contributed by atoms with Gasteiger partial charge in [0.05, 0.1) is 17.7 Å². The predicted octanol–water partition coefficient (Wildman–Crippen LogP) is 3.76. The van der Waals surface area contributed by atoms with Crippen LogP contribution >= 0.6 is 11.6 Å². The monoisotopic (exact) mass is 497 g/mol. The van der Waals surface area contributed by atoms with Gasteiger partial charge in [-0.1, -0.05) is 23.7 Å². The molecule has 1 saturated heterocycles. The Morgan fingerprint density at radius 3 is 2.77 bits per heavy atom. The van der Waals surface area contributed by atoms with Gasteiger partial charge in [0.25, 0.3) is 0 Å². The number of halogens is 2. The molecule has 7 nitrogen and oxygen atoms in total. The van der Waals surface area contributed by atoms with E-state index in [2.05, 4.69) is 4.98 Å². The average Bonchev–Trinajstić information content (AvgIpc) is 3.34. The molecule has 3 heterocycles. The fraction of sp³-hybridized carbons (Fsp3) is 0.385. The summed E-state index contributed by atoms with van der Waals surface area (Å²) in [6.07, 6.45) is 4.57. The molecule has 0 spiro atoms. The number of ketones is 2. The third-order valence-electron chi connectivity index (χ3n) is 7.17. The van der Waals surface area contributed by atoms with Crippen LogP contribution in [0.25, 0.3) is 11.0 Å². The van der Waals surface area contributed by atoms with Crippen LogP contribution in [0.1, 0.15) is 48.0 Å². The molecule has 1 amide bonds. The minimum absolute atomic E-state index is 0.00833. The molecule has 1 aliphatic carbocycles. The maximum Gasteiger partial charge on any atom is 0.243 e. The summed E-state index contributed by atoms with van der Waals surface area (Å²) < 4.78 is 16.2. The Bertz CT molecular complexity index is 1340. The first-order chi connectivity index (χ1) is 16.8. The molecule has 9 heteroatoms. The molecule has 1 aromatic carbocycles. The van der Waals surface area contributed by atoms with Crippen molar-refractivity contribution in [2.75, 3.05) is 6.61 Å². The number of benzene rings is 1. The third kappa shape index (κ3) is 4.25. The minimum atomic E-state index is -0.745. The number of aromatic nitrogens is 2. The Morgan fingerprint density at radius 1 is 1.23 bits per heavy atom. The fourth-order valence-corrected chi connectivity index (χ4v) is 5.52. The molecule has 0 unspecified atom stereocenters. The van der Waals surface area contributed by atoms with Gasteiger partial charge in [0.15, 0.2) is 11.6 Å². The number of Topliss-reactive ketones (excluding diaryl/α,β-unsaturated/α-hetero) is 2. The van der Waals surface area contributed by atoms with Gasteiger partial charge in [-0.15, -0.1) is 0 Å². The van der Waals surface area contributed by atoms with E-state index >= 15 is 0 Å². The quantitative estimate of drug-likeness (QED) is 0.478. The zero-order valence-electron chi connectivity index (χ0n) is 19.2. The number of hydrogen-bond donors (Lipinski definition) is 1. The molecule has 4 atom stereocenters. The summed E-state index contributed by atoms with van der Waals surface area (Å²) in [4.78, 5) is 44.8. The minimum Gasteiger partial charge on any atom is -0.396 e. The van der Waals surface area contributed by atoms with Gasteiger partial charge in [-0.2, -0.15) is 0 Å². The summed E-state index contributed by atoms with van der Waals surface area (Å²) in [5.41, 5.74) is 1.22.